The number of hydrogen-bond donors (Lipinski definition) is 2. The number of halogens is 1. The van der Waals surface area contributed by atoms with Crippen LogP contribution < -0.4 is 10.6 Å². The molecule has 110 valence electrons. The summed E-state index contributed by atoms with van der Waals surface area (Å²) in [4.78, 5) is 8.92. The number of benzene rings is 2. The Balaban J connectivity index is 1.82. The first-order chi connectivity index (χ1) is 10.7. The summed E-state index contributed by atoms with van der Waals surface area (Å²) >= 11 is 3.43. The van der Waals surface area contributed by atoms with E-state index in [1.807, 2.05) is 67.6 Å². The molecule has 0 unspecified atom stereocenters. The highest BCUT2D eigenvalue weighted by Gasteiger charge is 2.03. The molecule has 0 bridgehead atoms. The number of aromatic nitrogens is 2. The smallest absolute Gasteiger partial charge is 0.229 e. The van der Waals surface area contributed by atoms with E-state index in [0.717, 1.165) is 27.4 Å². The maximum Gasteiger partial charge on any atom is 0.229 e. The second-order valence-corrected chi connectivity index (χ2v) is 5.76. The first kappa shape index (κ1) is 14.5. The highest BCUT2D eigenvalue weighted by atomic mass is 79.9. The lowest BCUT2D eigenvalue weighted by Crippen LogP contribution is -2.02. The van der Waals surface area contributed by atoms with Crippen LogP contribution in [0, 0.1) is 6.92 Å². The van der Waals surface area contributed by atoms with Gasteiger partial charge in [0, 0.05) is 27.6 Å². The maximum atomic E-state index is 4.50. The van der Waals surface area contributed by atoms with Gasteiger partial charge in [-0.1, -0.05) is 34.1 Å². The number of hydrogen-bond acceptors (Lipinski definition) is 4. The second-order valence-electron chi connectivity index (χ2n) is 4.84. The molecule has 2 aromatic carbocycles. The topological polar surface area (TPSA) is 49.8 Å². The van der Waals surface area contributed by atoms with Crippen molar-refractivity contribution in [1.82, 2.24) is 9.97 Å². The molecule has 0 saturated heterocycles. The van der Waals surface area contributed by atoms with Crippen molar-refractivity contribution in [3.63, 3.8) is 0 Å². The Morgan fingerprint density at radius 3 is 2.23 bits per heavy atom. The summed E-state index contributed by atoms with van der Waals surface area (Å²) in [5.41, 5.74) is 2.84. The Morgan fingerprint density at radius 2 is 1.50 bits per heavy atom. The van der Waals surface area contributed by atoms with Gasteiger partial charge in [0.1, 0.15) is 5.82 Å². The quantitative estimate of drug-likeness (QED) is 0.689. The largest absolute Gasteiger partial charge is 0.340 e. The predicted octanol–water partition coefficient (Wildman–Crippen LogP) is 5.03. The summed E-state index contributed by atoms with van der Waals surface area (Å²) in [6, 6.07) is 19.7. The van der Waals surface area contributed by atoms with E-state index in [0.29, 0.717) is 5.95 Å². The molecule has 1 heterocycles. The van der Waals surface area contributed by atoms with Crippen LogP contribution in [0.3, 0.4) is 0 Å². The third-order valence-electron chi connectivity index (χ3n) is 3.00. The van der Waals surface area contributed by atoms with Crippen molar-refractivity contribution in [2.24, 2.45) is 0 Å². The van der Waals surface area contributed by atoms with E-state index in [4.69, 9.17) is 0 Å². The van der Waals surface area contributed by atoms with Crippen molar-refractivity contribution in [2.75, 3.05) is 10.6 Å². The molecule has 0 aliphatic heterocycles. The zero-order valence-electron chi connectivity index (χ0n) is 12.0. The van der Waals surface area contributed by atoms with Gasteiger partial charge in [0.05, 0.1) is 0 Å². The molecule has 0 fully saturated rings. The van der Waals surface area contributed by atoms with Gasteiger partial charge in [-0.2, -0.15) is 4.98 Å². The fourth-order valence-corrected chi connectivity index (χ4v) is 2.28. The zero-order chi connectivity index (χ0) is 15.4. The minimum Gasteiger partial charge on any atom is -0.340 e. The average molecular weight is 355 g/mol. The van der Waals surface area contributed by atoms with Gasteiger partial charge in [0.2, 0.25) is 5.95 Å². The molecule has 0 radical (unpaired) electrons. The van der Waals surface area contributed by atoms with Crippen molar-refractivity contribution >= 4 is 39.1 Å². The molecular weight excluding hydrogens is 340 g/mol. The molecule has 0 atom stereocenters. The van der Waals surface area contributed by atoms with Gasteiger partial charge in [-0.25, -0.2) is 4.98 Å². The van der Waals surface area contributed by atoms with Gasteiger partial charge in [-0.05, 0) is 43.3 Å². The molecule has 0 aliphatic rings. The van der Waals surface area contributed by atoms with E-state index in [1.54, 1.807) is 0 Å². The van der Waals surface area contributed by atoms with E-state index in [9.17, 15) is 0 Å². The summed E-state index contributed by atoms with van der Waals surface area (Å²) in [5.74, 6) is 1.33. The lowest BCUT2D eigenvalue weighted by Gasteiger charge is -2.10. The predicted molar refractivity (Wildman–Crippen MR) is 93.9 cm³/mol. The fourth-order valence-electron chi connectivity index (χ4n) is 2.02. The molecule has 22 heavy (non-hydrogen) atoms. The molecule has 5 heteroatoms. The number of aryl methyl sites for hydroxylation is 1. The number of nitrogens with zero attached hydrogens (tertiary/aromatic N) is 2. The van der Waals surface area contributed by atoms with Gasteiger partial charge >= 0.3 is 0 Å². The Morgan fingerprint density at radius 1 is 0.818 bits per heavy atom. The van der Waals surface area contributed by atoms with E-state index in [1.165, 1.54) is 0 Å². The van der Waals surface area contributed by atoms with Crippen molar-refractivity contribution in [2.45, 2.75) is 6.92 Å². The van der Waals surface area contributed by atoms with Crippen molar-refractivity contribution in [3.8, 4) is 0 Å². The highest BCUT2D eigenvalue weighted by molar-refractivity contribution is 9.10. The van der Waals surface area contributed by atoms with Crippen LogP contribution in [-0.2, 0) is 0 Å². The molecule has 4 nitrogen and oxygen atoms in total. The summed E-state index contributed by atoms with van der Waals surface area (Å²) in [6.07, 6.45) is 0. The SMILES string of the molecule is Cc1cc(Nc2ccc(Br)cc2)nc(Nc2ccccc2)n1. The number of nitrogens with one attached hydrogen (secondary N) is 2. The van der Waals surface area contributed by atoms with E-state index in [2.05, 4.69) is 36.5 Å². The minimum atomic E-state index is 0.575. The van der Waals surface area contributed by atoms with Gasteiger partial charge in [0.25, 0.3) is 0 Å². The van der Waals surface area contributed by atoms with Crippen LogP contribution in [0.15, 0.2) is 65.1 Å². The Hall–Kier alpha value is -2.40. The zero-order valence-corrected chi connectivity index (χ0v) is 13.6. The summed E-state index contributed by atoms with van der Waals surface area (Å²) in [5, 5.41) is 6.50. The van der Waals surface area contributed by atoms with Crippen LogP contribution in [0.2, 0.25) is 0 Å². The van der Waals surface area contributed by atoms with Gasteiger partial charge in [-0.3, -0.25) is 0 Å². The fraction of sp³-hybridized carbons (Fsp3) is 0.0588. The standard InChI is InChI=1S/C17H15BrN4/c1-12-11-16(20-15-9-7-13(18)8-10-15)22-17(19-12)21-14-5-3-2-4-6-14/h2-11H,1H3,(H2,19,20,21,22). The van der Waals surface area contributed by atoms with Crippen LogP contribution in [0.4, 0.5) is 23.1 Å². The Bertz CT molecular complexity index is 757. The minimum absolute atomic E-state index is 0.575. The van der Waals surface area contributed by atoms with Crippen LogP contribution in [0.25, 0.3) is 0 Å². The summed E-state index contributed by atoms with van der Waals surface area (Å²) in [6.45, 7) is 1.95. The lowest BCUT2D eigenvalue weighted by atomic mass is 10.3. The first-order valence-corrected chi connectivity index (χ1v) is 7.69. The Kier molecular flexibility index (Phi) is 4.34. The molecule has 0 saturated carbocycles. The molecule has 0 aliphatic carbocycles. The van der Waals surface area contributed by atoms with Crippen LogP contribution in [0.5, 0.6) is 0 Å². The summed E-state index contributed by atoms with van der Waals surface area (Å²) < 4.78 is 1.04. The monoisotopic (exact) mass is 354 g/mol. The number of rotatable bonds is 4. The third kappa shape index (κ3) is 3.83. The maximum absolute atomic E-state index is 4.50. The van der Waals surface area contributed by atoms with Crippen molar-refractivity contribution in [1.29, 1.82) is 0 Å². The van der Waals surface area contributed by atoms with Crippen molar-refractivity contribution in [3.05, 3.63) is 70.8 Å². The highest BCUT2D eigenvalue weighted by Crippen LogP contribution is 2.20. The molecule has 3 aromatic rings. The van der Waals surface area contributed by atoms with Crippen LogP contribution in [0.1, 0.15) is 5.69 Å². The average Bonchev–Trinajstić information content (AvgIpc) is 2.50. The van der Waals surface area contributed by atoms with Gasteiger partial charge < -0.3 is 10.6 Å². The molecule has 3 rings (SSSR count). The van der Waals surface area contributed by atoms with Crippen LogP contribution in [-0.4, -0.2) is 9.97 Å². The normalized spacial score (nSPS) is 10.3. The van der Waals surface area contributed by atoms with E-state index >= 15 is 0 Å². The summed E-state index contributed by atoms with van der Waals surface area (Å²) in [7, 11) is 0. The first-order valence-electron chi connectivity index (χ1n) is 6.89. The Labute approximate surface area is 137 Å². The van der Waals surface area contributed by atoms with Crippen molar-refractivity contribution < 1.29 is 0 Å². The van der Waals surface area contributed by atoms with E-state index < -0.39 is 0 Å². The molecular formula is C17H15BrN4. The van der Waals surface area contributed by atoms with E-state index in [-0.39, 0.29) is 0 Å². The number of anilines is 4. The molecule has 1 aromatic heterocycles. The molecule has 0 spiro atoms. The lowest BCUT2D eigenvalue weighted by molar-refractivity contribution is 1.11. The molecule has 2 N–H and O–H groups in total. The molecule has 0 amide bonds. The third-order valence-corrected chi connectivity index (χ3v) is 3.53. The number of para-hydroxylation sites is 1. The van der Waals surface area contributed by atoms with Gasteiger partial charge in [0.15, 0.2) is 0 Å². The van der Waals surface area contributed by atoms with Crippen LogP contribution >= 0.6 is 15.9 Å². The second kappa shape index (κ2) is 6.58. The van der Waals surface area contributed by atoms with Gasteiger partial charge in [-0.15, -0.1) is 0 Å².